The van der Waals surface area contributed by atoms with Crippen LogP contribution in [0.1, 0.15) is 101 Å². The molecule has 2 rings (SSSR count). The van der Waals surface area contributed by atoms with Crippen molar-refractivity contribution in [2.75, 3.05) is 12.4 Å². The van der Waals surface area contributed by atoms with E-state index in [1.807, 2.05) is 0 Å². The molecule has 0 atom stereocenters. The van der Waals surface area contributed by atoms with Gasteiger partial charge in [-0.15, -0.1) is 0 Å². The molecule has 3 nitrogen and oxygen atoms in total. The summed E-state index contributed by atoms with van der Waals surface area (Å²) in [6.07, 6.45) is 0. The molecule has 29 heavy (non-hydrogen) atoms. The summed E-state index contributed by atoms with van der Waals surface area (Å²) in [4.78, 5) is 5.00. The number of benzene rings is 2. The van der Waals surface area contributed by atoms with E-state index in [0.29, 0.717) is 29.7 Å². The molecular weight excluding hydrogens is 356 g/mol. The second kappa shape index (κ2) is 9.96. The number of nitrogens with one attached hydrogen (secondary N) is 1. The van der Waals surface area contributed by atoms with E-state index in [9.17, 15) is 0 Å². The van der Waals surface area contributed by atoms with Crippen LogP contribution in [0, 0.1) is 0 Å². The number of para-hydroxylation sites is 2. The number of aliphatic imine (C=N–C) groups is 1. The highest BCUT2D eigenvalue weighted by molar-refractivity contribution is 5.93. The van der Waals surface area contributed by atoms with Gasteiger partial charge in [-0.2, -0.15) is 4.99 Å². The highest BCUT2D eigenvalue weighted by Crippen LogP contribution is 2.36. The largest absolute Gasteiger partial charge is 0.468 e. The highest BCUT2D eigenvalue weighted by Gasteiger charge is 2.18. The summed E-state index contributed by atoms with van der Waals surface area (Å²) in [5, 5.41) is 3.54. The molecule has 0 bridgehead atoms. The number of ether oxygens (including phenoxy) is 1. The third-order valence-electron chi connectivity index (χ3n) is 5.35. The predicted octanol–water partition coefficient (Wildman–Crippen LogP) is 7.93. The van der Waals surface area contributed by atoms with Crippen LogP contribution >= 0.6 is 0 Å². The first-order valence-corrected chi connectivity index (χ1v) is 10.8. The van der Waals surface area contributed by atoms with Crippen LogP contribution in [0.15, 0.2) is 41.4 Å². The predicted molar refractivity (Wildman–Crippen MR) is 127 cm³/mol. The summed E-state index contributed by atoms with van der Waals surface area (Å²) in [5.74, 6) is 1.59. The minimum atomic E-state index is 0.389. The summed E-state index contributed by atoms with van der Waals surface area (Å²) in [6, 6.07) is 13.5. The Morgan fingerprint density at radius 3 is 1.41 bits per heavy atom. The Bertz CT molecular complexity index is 795. The first kappa shape index (κ1) is 23.0. The van der Waals surface area contributed by atoms with Gasteiger partial charge in [0.25, 0.3) is 6.02 Å². The molecule has 0 aliphatic carbocycles. The number of hydrogen-bond acceptors (Lipinski definition) is 2. The molecule has 0 heterocycles. The van der Waals surface area contributed by atoms with Gasteiger partial charge >= 0.3 is 0 Å². The van der Waals surface area contributed by atoms with Crippen molar-refractivity contribution in [1.82, 2.24) is 0 Å². The minimum Gasteiger partial charge on any atom is -0.468 e. The van der Waals surface area contributed by atoms with Crippen molar-refractivity contribution in [2.24, 2.45) is 4.99 Å². The molecule has 0 aromatic heterocycles. The molecule has 0 aliphatic rings. The van der Waals surface area contributed by atoms with Crippen molar-refractivity contribution in [3.05, 3.63) is 58.7 Å². The average molecular weight is 395 g/mol. The Morgan fingerprint density at radius 1 is 0.690 bits per heavy atom. The van der Waals surface area contributed by atoms with Crippen LogP contribution < -0.4 is 5.32 Å². The van der Waals surface area contributed by atoms with E-state index < -0.39 is 0 Å². The number of hydrogen-bond donors (Lipinski definition) is 1. The van der Waals surface area contributed by atoms with Crippen molar-refractivity contribution in [3.8, 4) is 0 Å². The maximum Gasteiger partial charge on any atom is 0.294 e. The second-order valence-electron chi connectivity index (χ2n) is 8.96. The van der Waals surface area contributed by atoms with Crippen molar-refractivity contribution in [3.63, 3.8) is 0 Å². The lowest BCUT2D eigenvalue weighted by atomic mass is 9.92. The molecule has 3 heteroatoms. The van der Waals surface area contributed by atoms with Gasteiger partial charge in [-0.05, 0) is 45.9 Å². The van der Waals surface area contributed by atoms with Gasteiger partial charge in [0.05, 0.1) is 12.8 Å². The molecular formula is C26H38N2O. The summed E-state index contributed by atoms with van der Waals surface area (Å²) in [6.45, 7) is 17.7. The molecule has 1 N–H and O–H groups in total. The van der Waals surface area contributed by atoms with Gasteiger partial charge in [0.1, 0.15) is 0 Å². The van der Waals surface area contributed by atoms with Gasteiger partial charge in [0, 0.05) is 5.69 Å². The third kappa shape index (κ3) is 5.41. The molecule has 0 saturated heterocycles. The summed E-state index contributed by atoms with van der Waals surface area (Å²) < 4.78 is 5.74. The van der Waals surface area contributed by atoms with E-state index in [0.717, 1.165) is 11.4 Å². The van der Waals surface area contributed by atoms with Crippen LogP contribution in [0.25, 0.3) is 0 Å². The van der Waals surface area contributed by atoms with Gasteiger partial charge in [0.2, 0.25) is 0 Å². The van der Waals surface area contributed by atoms with E-state index in [4.69, 9.17) is 9.73 Å². The molecule has 0 aliphatic heterocycles. The van der Waals surface area contributed by atoms with Crippen LogP contribution in [0.3, 0.4) is 0 Å². The Kier molecular flexibility index (Phi) is 7.89. The Morgan fingerprint density at radius 2 is 1.07 bits per heavy atom. The van der Waals surface area contributed by atoms with E-state index in [-0.39, 0.29) is 0 Å². The van der Waals surface area contributed by atoms with Crippen LogP contribution in [0.5, 0.6) is 0 Å². The van der Waals surface area contributed by atoms with Crippen molar-refractivity contribution in [1.29, 1.82) is 0 Å². The van der Waals surface area contributed by atoms with Crippen molar-refractivity contribution in [2.45, 2.75) is 79.1 Å². The normalized spacial score (nSPS) is 12.4. The number of amidine groups is 1. The molecule has 0 saturated carbocycles. The zero-order valence-electron chi connectivity index (χ0n) is 19.6. The third-order valence-corrected chi connectivity index (χ3v) is 5.35. The smallest absolute Gasteiger partial charge is 0.294 e. The van der Waals surface area contributed by atoms with Gasteiger partial charge < -0.3 is 10.1 Å². The number of nitrogens with zero attached hydrogens (tertiary/aromatic N) is 1. The fourth-order valence-electron chi connectivity index (χ4n) is 3.67. The first-order valence-electron chi connectivity index (χ1n) is 10.8. The number of anilines is 1. The van der Waals surface area contributed by atoms with Crippen LogP contribution in [-0.4, -0.2) is 13.1 Å². The van der Waals surface area contributed by atoms with Crippen LogP contribution in [-0.2, 0) is 4.74 Å². The van der Waals surface area contributed by atoms with E-state index >= 15 is 0 Å². The standard InChI is InChI=1S/C26H38N2O/c1-16(2)20-12-10-13-21(17(3)4)24(20)27-26(29-9)28-25-22(18(5)6)14-11-15-23(25)19(7)8/h10-19H,1-9H3,(H,27,28). The fourth-order valence-corrected chi connectivity index (χ4v) is 3.67. The minimum absolute atomic E-state index is 0.389. The topological polar surface area (TPSA) is 33.6 Å². The fraction of sp³-hybridized carbons (Fsp3) is 0.500. The zero-order chi connectivity index (χ0) is 21.7. The Hall–Kier alpha value is -2.29. The van der Waals surface area contributed by atoms with Gasteiger partial charge in [-0.3, -0.25) is 0 Å². The van der Waals surface area contributed by atoms with E-state index in [1.54, 1.807) is 7.11 Å². The molecule has 2 aromatic carbocycles. The average Bonchev–Trinajstić information content (AvgIpc) is 2.66. The maximum absolute atomic E-state index is 5.74. The zero-order valence-corrected chi connectivity index (χ0v) is 19.6. The quantitative estimate of drug-likeness (QED) is 0.398. The lowest BCUT2D eigenvalue weighted by molar-refractivity contribution is 0.402. The lowest BCUT2D eigenvalue weighted by Gasteiger charge is -2.22. The van der Waals surface area contributed by atoms with Crippen molar-refractivity contribution >= 4 is 17.4 Å². The number of methoxy groups -OCH3 is 1. The molecule has 158 valence electrons. The maximum atomic E-state index is 5.74. The summed E-state index contributed by atoms with van der Waals surface area (Å²) in [7, 11) is 1.69. The van der Waals surface area contributed by atoms with Gasteiger partial charge in [0.15, 0.2) is 0 Å². The highest BCUT2D eigenvalue weighted by atomic mass is 16.5. The first-order chi connectivity index (χ1) is 13.7. The van der Waals surface area contributed by atoms with E-state index in [2.05, 4.69) is 97.1 Å². The summed E-state index contributed by atoms with van der Waals surface area (Å²) >= 11 is 0. The van der Waals surface area contributed by atoms with Gasteiger partial charge in [-0.1, -0.05) is 91.8 Å². The molecule has 2 aromatic rings. The Balaban J connectivity index is 2.62. The van der Waals surface area contributed by atoms with Gasteiger partial charge in [-0.25, -0.2) is 0 Å². The molecule has 0 amide bonds. The molecule has 0 radical (unpaired) electrons. The molecule has 0 fully saturated rings. The number of rotatable bonds is 6. The monoisotopic (exact) mass is 394 g/mol. The molecule has 0 unspecified atom stereocenters. The lowest BCUT2D eigenvalue weighted by Crippen LogP contribution is -2.18. The van der Waals surface area contributed by atoms with E-state index in [1.165, 1.54) is 22.3 Å². The van der Waals surface area contributed by atoms with Crippen molar-refractivity contribution < 1.29 is 4.74 Å². The molecule has 0 spiro atoms. The SMILES string of the molecule is CO/C(=N\c1c(C(C)C)cccc1C(C)C)Nc1c(C(C)C)cccc1C(C)C. The summed E-state index contributed by atoms with van der Waals surface area (Å²) in [5.41, 5.74) is 7.19. The van der Waals surface area contributed by atoms with Crippen LogP contribution in [0.4, 0.5) is 11.4 Å². The second-order valence-corrected chi connectivity index (χ2v) is 8.96. The Labute approximate surface area is 177 Å². The van der Waals surface area contributed by atoms with Crippen LogP contribution in [0.2, 0.25) is 0 Å².